The highest BCUT2D eigenvalue weighted by molar-refractivity contribution is 5.87. The number of hydrogen-bond donors (Lipinski definition) is 0. The van der Waals surface area contributed by atoms with Crippen LogP contribution in [0.5, 0.6) is 5.75 Å². The monoisotopic (exact) mass is 478 g/mol. The third-order valence-corrected chi connectivity index (χ3v) is 6.17. The van der Waals surface area contributed by atoms with Gasteiger partial charge < -0.3 is 19.1 Å². The highest BCUT2D eigenvalue weighted by atomic mass is 16.6. The first kappa shape index (κ1) is 27.0. The normalized spacial score (nSPS) is 11.3. The fourth-order valence-corrected chi connectivity index (χ4v) is 4.04. The van der Waals surface area contributed by atoms with E-state index in [9.17, 15) is 0 Å². The Kier molecular flexibility index (Phi) is 11.3. The Labute approximate surface area is 211 Å². The molecule has 5 nitrogen and oxygen atoms in total. The standard InChI is InChI=1S/C30H42N2O3/c1-5-9-20-33-22-26(23-34-21-10-6-2)35-30-13-11-12-29-27(30)18-19-28(31-29)24-14-16-25(17-15-24)32(7-3)8-4/h11-19,26H,5-10,20-23H2,1-4H3. The number of hydrogen-bond acceptors (Lipinski definition) is 5. The largest absolute Gasteiger partial charge is 0.485 e. The second-order valence-corrected chi connectivity index (χ2v) is 8.84. The van der Waals surface area contributed by atoms with Gasteiger partial charge in [-0.3, -0.25) is 0 Å². The summed E-state index contributed by atoms with van der Waals surface area (Å²) in [5, 5.41) is 1.00. The van der Waals surface area contributed by atoms with Crippen LogP contribution in [0, 0.1) is 0 Å². The van der Waals surface area contributed by atoms with E-state index in [4.69, 9.17) is 19.2 Å². The van der Waals surface area contributed by atoms with E-state index in [-0.39, 0.29) is 6.10 Å². The molecule has 190 valence electrons. The van der Waals surface area contributed by atoms with E-state index in [1.54, 1.807) is 0 Å². The summed E-state index contributed by atoms with van der Waals surface area (Å²) in [5.74, 6) is 0.821. The van der Waals surface area contributed by atoms with E-state index in [2.05, 4.69) is 69.0 Å². The molecule has 0 radical (unpaired) electrons. The molecule has 5 heteroatoms. The maximum atomic E-state index is 6.41. The Balaban J connectivity index is 1.76. The molecular formula is C30H42N2O3. The van der Waals surface area contributed by atoms with Crippen LogP contribution in [0.2, 0.25) is 0 Å². The minimum atomic E-state index is -0.151. The molecule has 2 aromatic carbocycles. The molecule has 0 unspecified atom stereocenters. The topological polar surface area (TPSA) is 43.8 Å². The average Bonchev–Trinajstić information content (AvgIpc) is 2.90. The highest BCUT2D eigenvalue weighted by Crippen LogP contribution is 2.29. The zero-order valence-electron chi connectivity index (χ0n) is 22.0. The van der Waals surface area contributed by atoms with Crippen molar-refractivity contribution in [3.63, 3.8) is 0 Å². The lowest BCUT2D eigenvalue weighted by atomic mass is 10.1. The molecular weight excluding hydrogens is 436 g/mol. The Morgan fingerprint density at radius 1 is 0.771 bits per heavy atom. The van der Waals surface area contributed by atoms with Crippen molar-refractivity contribution in [2.75, 3.05) is 44.4 Å². The van der Waals surface area contributed by atoms with Crippen LogP contribution in [0.1, 0.15) is 53.4 Å². The zero-order chi connectivity index (χ0) is 24.9. The summed E-state index contributed by atoms with van der Waals surface area (Å²) in [5.41, 5.74) is 4.23. The van der Waals surface area contributed by atoms with Crippen molar-refractivity contribution in [3.05, 3.63) is 54.6 Å². The number of unbranched alkanes of at least 4 members (excludes halogenated alkanes) is 2. The van der Waals surface area contributed by atoms with Gasteiger partial charge in [0.05, 0.1) is 24.4 Å². The van der Waals surface area contributed by atoms with Crippen LogP contribution in [-0.2, 0) is 9.47 Å². The molecule has 35 heavy (non-hydrogen) atoms. The molecule has 0 saturated heterocycles. The van der Waals surface area contributed by atoms with Gasteiger partial charge in [-0.05, 0) is 63.1 Å². The number of benzene rings is 2. The van der Waals surface area contributed by atoms with Crippen LogP contribution < -0.4 is 9.64 Å². The molecule has 0 saturated carbocycles. The summed E-state index contributed by atoms with van der Waals surface area (Å²) in [6, 6.07) is 18.9. The Hall–Kier alpha value is -2.63. The van der Waals surface area contributed by atoms with E-state index >= 15 is 0 Å². The molecule has 3 rings (SSSR count). The summed E-state index contributed by atoms with van der Waals surface area (Å²) in [4.78, 5) is 7.29. The summed E-state index contributed by atoms with van der Waals surface area (Å²) >= 11 is 0. The van der Waals surface area contributed by atoms with E-state index in [1.165, 1.54) is 5.69 Å². The summed E-state index contributed by atoms with van der Waals surface area (Å²) in [6.45, 7) is 13.2. The smallest absolute Gasteiger partial charge is 0.145 e. The Morgan fingerprint density at radius 3 is 2.03 bits per heavy atom. The molecule has 0 spiro atoms. The van der Waals surface area contributed by atoms with E-state index in [1.807, 2.05) is 18.2 Å². The van der Waals surface area contributed by atoms with Crippen LogP contribution in [0.15, 0.2) is 54.6 Å². The van der Waals surface area contributed by atoms with Crippen molar-refractivity contribution in [3.8, 4) is 17.0 Å². The van der Waals surface area contributed by atoms with Gasteiger partial charge in [0.15, 0.2) is 0 Å². The highest BCUT2D eigenvalue weighted by Gasteiger charge is 2.14. The average molecular weight is 479 g/mol. The lowest BCUT2D eigenvalue weighted by molar-refractivity contribution is -0.00675. The molecule has 1 aromatic heterocycles. The van der Waals surface area contributed by atoms with Crippen LogP contribution in [-0.4, -0.2) is 50.6 Å². The zero-order valence-corrected chi connectivity index (χ0v) is 22.0. The third-order valence-electron chi connectivity index (χ3n) is 6.17. The van der Waals surface area contributed by atoms with Gasteiger partial charge in [-0.1, -0.05) is 44.9 Å². The number of pyridine rings is 1. The molecule has 0 bridgehead atoms. The number of rotatable bonds is 16. The lowest BCUT2D eigenvalue weighted by Crippen LogP contribution is -2.29. The Morgan fingerprint density at radius 2 is 1.43 bits per heavy atom. The molecule has 3 aromatic rings. The van der Waals surface area contributed by atoms with Crippen LogP contribution >= 0.6 is 0 Å². The number of aromatic nitrogens is 1. The van der Waals surface area contributed by atoms with Gasteiger partial charge in [-0.2, -0.15) is 0 Å². The predicted octanol–water partition coefficient (Wildman–Crippen LogP) is 7.13. The first-order valence-corrected chi connectivity index (χ1v) is 13.3. The van der Waals surface area contributed by atoms with Crippen LogP contribution in [0.4, 0.5) is 5.69 Å². The van der Waals surface area contributed by atoms with Gasteiger partial charge in [0.25, 0.3) is 0 Å². The van der Waals surface area contributed by atoms with E-state index < -0.39 is 0 Å². The van der Waals surface area contributed by atoms with E-state index in [0.717, 1.165) is 79.9 Å². The van der Waals surface area contributed by atoms with Crippen molar-refractivity contribution in [1.29, 1.82) is 0 Å². The predicted molar refractivity (Wildman–Crippen MR) is 147 cm³/mol. The van der Waals surface area contributed by atoms with Crippen molar-refractivity contribution >= 4 is 16.6 Å². The van der Waals surface area contributed by atoms with Crippen molar-refractivity contribution in [2.45, 2.75) is 59.5 Å². The first-order valence-electron chi connectivity index (χ1n) is 13.3. The number of anilines is 1. The molecule has 0 aliphatic carbocycles. The molecule has 0 N–H and O–H groups in total. The lowest BCUT2D eigenvalue weighted by Gasteiger charge is -2.21. The second kappa shape index (κ2) is 14.7. The number of fused-ring (bicyclic) bond motifs is 1. The number of nitrogens with zero attached hydrogens (tertiary/aromatic N) is 2. The van der Waals surface area contributed by atoms with Crippen molar-refractivity contribution in [1.82, 2.24) is 4.98 Å². The van der Waals surface area contributed by atoms with E-state index in [0.29, 0.717) is 13.2 Å². The van der Waals surface area contributed by atoms with Crippen molar-refractivity contribution in [2.24, 2.45) is 0 Å². The summed E-state index contributed by atoms with van der Waals surface area (Å²) in [6.07, 6.45) is 4.20. The van der Waals surface area contributed by atoms with Crippen molar-refractivity contribution < 1.29 is 14.2 Å². The first-order chi connectivity index (χ1) is 17.2. The molecule has 0 aliphatic rings. The van der Waals surface area contributed by atoms with Gasteiger partial charge in [0.2, 0.25) is 0 Å². The molecule has 0 amide bonds. The minimum Gasteiger partial charge on any atom is -0.485 e. The second-order valence-electron chi connectivity index (χ2n) is 8.84. The maximum absolute atomic E-state index is 6.41. The summed E-state index contributed by atoms with van der Waals surface area (Å²) < 4.78 is 18.2. The van der Waals surface area contributed by atoms with Gasteiger partial charge in [-0.15, -0.1) is 0 Å². The molecule has 0 atom stereocenters. The van der Waals surface area contributed by atoms with Crippen LogP contribution in [0.3, 0.4) is 0 Å². The molecule has 0 fully saturated rings. The minimum absolute atomic E-state index is 0.151. The van der Waals surface area contributed by atoms with Crippen LogP contribution in [0.25, 0.3) is 22.2 Å². The van der Waals surface area contributed by atoms with Gasteiger partial charge in [0.1, 0.15) is 11.9 Å². The maximum Gasteiger partial charge on any atom is 0.145 e. The fourth-order valence-electron chi connectivity index (χ4n) is 4.04. The van der Waals surface area contributed by atoms with Gasteiger partial charge in [-0.25, -0.2) is 4.98 Å². The molecule has 0 aliphatic heterocycles. The third kappa shape index (κ3) is 7.94. The number of ether oxygens (including phenoxy) is 3. The summed E-state index contributed by atoms with van der Waals surface area (Å²) in [7, 11) is 0. The fraction of sp³-hybridized carbons (Fsp3) is 0.500. The quantitative estimate of drug-likeness (QED) is 0.205. The van der Waals surface area contributed by atoms with Gasteiger partial charge >= 0.3 is 0 Å². The molecule has 1 heterocycles. The SMILES string of the molecule is CCCCOCC(COCCCC)Oc1cccc2nc(-c3ccc(N(CC)CC)cc3)ccc12. The van der Waals surface area contributed by atoms with Gasteiger partial charge in [0, 0.05) is 42.9 Å². The Bertz CT molecular complexity index is 990.